The minimum absolute atomic E-state index is 0.0888. The lowest BCUT2D eigenvalue weighted by Gasteiger charge is -2.07. The number of amides is 1. The minimum Gasteiger partial charge on any atom is -0.326 e. The van der Waals surface area contributed by atoms with Gasteiger partial charge in [-0.05, 0) is 48.5 Å². The van der Waals surface area contributed by atoms with E-state index in [1.807, 2.05) is 0 Å². The Labute approximate surface area is 146 Å². The highest BCUT2D eigenvalue weighted by molar-refractivity contribution is 9.10. The van der Waals surface area contributed by atoms with E-state index in [4.69, 9.17) is 0 Å². The van der Waals surface area contributed by atoms with E-state index in [1.54, 1.807) is 36.4 Å². The fourth-order valence-corrected chi connectivity index (χ4v) is 3.51. The van der Waals surface area contributed by atoms with E-state index in [2.05, 4.69) is 37.2 Å². The third-order valence-electron chi connectivity index (χ3n) is 2.90. The molecule has 1 amide bonds. The highest BCUT2D eigenvalue weighted by atomic mass is 79.9. The SMILES string of the molecule is O=C(CCS(=O)(=O)c1ccc(Br)cc1)Nc1ccc(Br)cc1. The zero-order chi connectivity index (χ0) is 16.2. The van der Waals surface area contributed by atoms with E-state index < -0.39 is 9.84 Å². The van der Waals surface area contributed by atoms with Gasteiger partial charge in [0.2, 0.25) is 5.91 Å². The second-order valence-electron chi connectivity index (χ2n) is 4.58. The Morgan fingerprint density at radius 3 is 1.95 bits per heavy atom. The van der Waals surface area contributed by atoms with Gasteiger partial charge in [0.15, 0.2) is 9.84 Å². The molecule has 2 rings (SSSR count). The number of carbonyl (C=O) groups is 1. The van der Waals surface area contributed by atoms with Crippen LogP contribution in [0.5, 0.6) is 0 Å². The molecule has 2 aromatic carbocycles. The van der Waals surface area contributed by atoms with E-state index in [1.165, 1.54) is 12.1 Å². The molecule has 7 heteroatoms. The quantitative estimate of drug-likeness (QED) is 0.754. The molecule has 4 nitrogen and oxygen atoms in total. The smallest absolute Gasteiger partial charge is 0.225 e. The molecule has 0 heterocycles. The van der Waals surface area contributed by atoms with Crippen molar-refractivity contribution in [3.05, 3.63) is 57.5 Å². The molecular formula is C15H13Br2NO3S. The van der Waals surface area contributed by atoms with E-state index in [0.29, 0.717) is 5.69 Å². The molecule has 22 heavy (non-hydrogen) atoms. The second-order valence-corrected chi connectivity index (χ2v) is 8.52. The Balaban J connectivity index is 1.95. The van der Waals surface area contributed by atoms with E-state index in [0.717, 1.165) is 8.95 Å². The molecule has 0 aliphatic rings. The van der Waals surface area contributed by atoms with Crippen LogP contribution in [-0.2, 0) is 14.6 Å². The molecular weight excluding hydrogens is 434 g/mol. The molecule has 0 radical (unpaired) electrons. The zero-order valence-corrected chi connectivity index (χ0v) is 15.4. The van der Waals surface area contributed by atoms with E-state index >= 15 is 0 Å². The number of halogens is 2. The van der Waals surface area contributed by atoms with Gasteiger partial charge in [0, 0.05) is 21.1 Å². The maximum absolute atomic E-state index is 12.1. The molecule has 0 aliphatic heterocycles. The average molecular weight is 447 g/mol. The monoisotopic (exact) mass is 445 g/mol. The van der Waals surface area contributed by atoms with Gasteiger partial charge >= 0.3 is 0 Å². The molecule has 0 fully saturated rings. The number of hydrogen-bond acceptors (Lipinski definition) is 3. The molecule has 0 aromatic heterocycles. The fourth-order valence-electron chi connectivity index (χ4n) is 1.74. The van der Waals surface area contributed by atoms with Crippen LogP contribution < -0.4 is 5.32 Å². The van der Waals surface area contributed by atoms with Crippen molar-refractivity contribution >= 4 is 53.3 Å². The Bertz CT molecular complexity index is 756. The number of anilines is 1. The number of nitrogens with one attached hydrogen (secondary N) is 1. The summed E-state index contributed by atoms with van der Waals surface area (Å²) >= 11 is 6.56. The third kappa shape index (κ3) is 4.93. The minimum atomic E-state index is -3.46. The van der Waals surface area contributed by atoms with Crippen molar-refractivity contribution in [2.24, 2.45) is 0 Å². The van der Waals surface area contributed by atoms with E-state index in [9.17, 15) is 13.2 Å². The largest absolute Gasteiger partial charge is 0.326 e. The van der Waals surface area contributed by atoms with Gasteiger partial charge in [-0.1, -0.05) is 31.9 Å². The molecule has 1 N–H and O–H groups in total. The van der Waals surface area contributed by atoms with Gasteiger partial charge in [-0.25, -0.2) is 8.42 Å². The average Bonchev–Trinajstić information content (AvgIpc) is 2.48. The normalized spacial score (nSPS) is 11.2. The van der Waals surface area contributed by atoms with Crippen LogP contribution in [-0.4, -0.2) is 20.1 Å². The van der Waals surface area contributed by atoms with Crippen molar-refractivity contribution in [1.29, 1.82) is 0 Å². The van der Waals surface area contributed by atoms with Crippen molar-refractivity contribution in [2.45, 2.75) is 11.3 Å². The lowest BCUT2D eigenvalue weighted by Crippen LogP contribution is -2.17. The molecule has 2 aromatic rings. The maximum atomic E-state index is 12.1. The number of rotatable bonds is 5. The maximum Gasteiger partial charge on any atom is 0.225 e. The summed E-state index contributed by atoms with van der Waals surface area (Å²) in [5.74, 6) is -0.556. The molecule has 0 atom stereocenters. The lowest BCUT2D eigenvalue weighted by molar-refractivity contribution is -0.115. The molecule has 0 spiro atoms. The van der Waals surface area contributed by atoms with Crippen molar-refractivity contribution in [3.8, 4) is 0 Å². The number of sulfone groups is 1. The Hall–Kier alpha value is -1.18. The summed E-state index contributed by atoms with van der Waals surface area (Å²) in [6, 6.07) is 13.4. The molecule has 0 saturated carbocycles. The van der Waals surface area contributed by atoms with Gasteiger partial charge in [-0.15, -0.1) is 0 Å². The van der Waals surface area contributed by atoms with Crippen LogP contribution in [0.1, 0.15) is 6.42 Å². The van der Waals surface area contributed by atoms with Crippen LogP contribution in [0, 0.1) is 0 Å². The first-order valence-corrected chi connectivity index (χ1v) is 9.64. The number of benzene rings is 2. The first-order chi connectivity index (χ1) is 10.4. The Kier molecular flexibility index (Phi) is 5.77. The second kappa shape index (κ2) is 7.39. The van der Waals surface area contributed by atoms with Gasteiger partial charge in [-0.2, -0.15) is 0 Å². The van der Waals surface area contributed by atoms with Crippen LogP contribution >= 0.6 is 31.9 Å². The summed E-state index contributed by atoms with van der Waals surface area (Å²) in [6.07, 6.45) is -0.0888. The standard InChI is InChI=1S/C15H13Br2NO3S/c16-11-1-5-13(6-2-11)18-15(19)9-10-22(20,21)14-7-3-12(17)4-8-14/h1-8H,9-10H2,(H,18,19). The van der Waals surface area contributed by atoms with Crippen LogP contribution in [0.2, 0.25) is 0 Å². The molecule has 116 valence electrons. The predicted octanol–water partition coefficient (Wildman–Crippen LogP) is 4.01. The fraction of sp³-hybridized carbons (Fsp3) is 0.133. The molecule has 0 bridgehead atoms. The Morgan fingerprint density at radius 2 is 1.41 bits per heavy atom. The van der Waals surface area contributed by atoms with Gasteiger partial charge < -0.3 is 5.32 Å². The molecule has 0 saturated heterocycles. The van der Waals surface area contributed by atoms with Gasteiger partial charge in [0.05, 0.1) is 10.6 Å². The van der Waals surface area contributed by atoms with Gasteiger partial charge in [0.1, 0.15) is 0 Å². The topological polar surface area (TPSA) is 63.2 Å². The summed E-state index contributed by atoms with van der Waals surface area (Å²) in [5, 5.41) is 2.67. The van der Waals surface area contributed by atoms with Gasteiger partial charge in [-0.3, -0.25) is 4.79 Å². The van der Waals surface area contributed by atoms with Crippen molar-refractivity contribution < 1.29 is 13.2 Å². The number of carbonyl (C=O) groups excluding carboxylic acids is 1. The van der Waals surface area contributed by atoms with Gasteiger partial charge in [0.25, 0.3) is 0 Å². The highest BCUT2D eigenvalue weighted by Crippen LogP contribution is 2.17. The predicted molar refractivity (Wildman–Crippen MR) is 93.6 cm³/mol. The van der Waals surface area contributed by atoms with Crippen molar-refractivity contribution in [3.63, 3.8) is 0 Å². The van der Waals surface area contributed by atoms with Crippen LogP contribution in [0.3, 0.4) is 0 Å². The Morgan fingerprint density at radius 1 is 0.909 bits per heavy atom. The highest BCUT2D eigenvalue weighted by Gasteiger charge is 2.16. The summed E-state index contributed by atoms with van der Waals surface area (Å²) in [7, 11) is -3.46. The first-order valence-electron chi connectivity index (χ1n) is 6.40. The zero-order valence-electron chi connectivity index (χ0n) is 11.4. The van der Waals surface area contributed by atoms with Crippen molar-refractivity contribution in [2.75, 3.05) is 11.1 Å². The first kappa shape index (κ1) is 17.2. The molecule has 0 aliphatic carbocycles. The van der Waals surface area contributed by atoms with Crippen LogP contribution in [0.4, 0.5) is 5.69 Å². The van der Waals surface area contributed by atoms with Crippen LogP contribution in [0.15, 0.2) is 62.4 Å². The van der Waals surface area contributed by atoms with Crippen LogP contribution in [0.25, 0.3) is 0 Å². The summed E-state index contributed by atoms with van der Waals surface area (Å²) in [5.41, 5.74) is 0.634. The summed E-state index contributed by atoms with van der Waals surface area (Å²) in [6.45, 7) is 0. The summed E-state index contributed by atoms with van der Waals surface area (Å²) < 4.78 is 26.0. The number of hydrogen-bond donors (Lipinski definition) is 1. The molecule has 0 unspecified atom stereocenters. The van der Waals surface area contributed by atoms with E-state index in [-0.39, 0.29) is 23.0 Å². The van der Waals surface area contributed by atoms with Crippen molar-refractivity contribution in [1.82, 2.24) is 0 Å². The third-order valence-corrected chi connectivity index (χ3v) is 5.69. The summed E-state index contributed by atoms with van der Waals surface area (Å²) in [4.78, 5) is 12.0. The lowest BCUT2D eigenvalue weighted by atomic mass is 10.3.